The van der Waals surface area contributed by atoms with E-state index in [4.69, 9.17) is 0 Å². The molecule has 0 saturated carbocycles. The quantitative estimate of drug-likeness (QED) is 0.501. The van der Waals surface area contributed by atoms with Crippen molar-refractivity contribution in [2.45, 2.75) is 11.8 Å². The number of amides is 1. The molecular formula is C22H21N3O3S. The first-order valence-corrected chi connectivity index (χ1v) is 10.4. The van der Waals surface area contributed by atoms with Gasteiger partial charge in [-0.15, -0.1) is 0 Å². The monoisotopic (exact) mass is 407 g/mol. The number of anilines is 1. The van der Waals surface area contributed by atoms with Gasteiger partial charge in [-0.3, -0.25) is 9.10 Å². The van der Waals surface area contributed by atoms with Crippen LogP contribution in [0.3, 0.4) is 0 Å². The topological polar surface area (TPSA) is 78.8 Å². The van der Waals surface area contributed by atoms with Crippen molar-refractivity contribution in [3.8, 4) is 0 Å². The minimum Gasteiger partial charge on any atom is -0.269 e. The number of aryl methyl sites for hydroxylation is 1. The molecule has 0 atom stereocenters. The fourth-order valence-corrected chi connectivity index (χ4v) is 3.79. The van der Waals surface area contributed by atoms with Gasteiger partial charge in [0.2, 0.25) is 0 Å². The van der Waals surface area contributed by atoms with Crippen molar-refractivity contribution >= 4 is 27.8 Å². The summed E-state index contributed by atoms with van der Waals surface area (Å²) in [5, 5.41) is 3.93. The van der Waals surface area contributed by atoms with Crippen LogP contribution in [0.25, 0.3) is 0 Å². The first-order chi connectivity index (χ1) is 13.9. The Bertz CT molecular complexity index is 1110. The number of sulfonamides is 1. The van der Waals surface area contributed by atoms with Crippen LogP contribution >= 0.6 is 0 Å². The molecule has 0 bridgehead atoms. The molecule has 0 unspecified atom stereocenters. The molecule has 1 N–H and O–H groups in total. The summed E-state index contributed by atoms with van der Waals surface area (Å²) in [7, 11) is -2.20. The summed E-state index contributed by atoms with van der Waals surface area (Å²) in [5.74, 6) is -0.382. The number of nitrogens with zero attached hydrogens (tertiary/aromatic N) is 2. The van der Waals surface area contributed by atoms with Gasteiger partial charge in [-0.25, -0.2) is 13.8 Å². The molecule has 0 saturated heterocycles. The molecule has 1 amide bonds. The van der Waals surface area contributed by atoms with Crippen LogP contribution in [0.5, 0.6) is 0 Å². The largest absolute Gasteiger partial charge is 0.271 e. The van der Waals surface area contributed by atoms with Gasteiger partial charge in [-0.05, 0) is 48.9 Å². The molecule has 0 heterocycles. The van der Waals surface area contributed by atoms with Gasteiger partial charge >= 0.3 is 0 Å². The van der Waals surface area contributed by atoms with Crippen molar-refractivity contribution in [2.75, 3.05) is 11.4 Å². The number of nitrogens with one attached hydrogen (secondary N) is 1. The number of rotatable bonds is 6. The van der Waals surface area contributed by atoms with Crippen molar-refractivity contribution in [3.63, 3.8) is 0 Å². The third-order valence-corrected chi connectivity index (χ3v) is 6.15. The van der Waals surface area contributed by atoms with Gasteiger partial charge in [-0.2, -0.15) is 5.10 Å². The van der Waals surface area contributed by atoms with E-state index >= 15 is 0 Å². The van der Waals surface area contributed by atoms with Gasteiger partial charge in [0.1, 0.15) is 0 Å². The lowest BCUT2D eigenvalue weighted by molar-refractivity contribution is 0.0955. The fraction of sp³-hybridized carbons (Fsp3) is 0.0909. The average molecular weight is 407 g/mol. The van der Waals surface area contributed by atoms with Crippen LogP contribution in [0.15, 0.2) is 88.9 Å². The molecule has 3 aromatic carbocycles. The van der Waals surface area contributed by atoms with Crippen LogP contribution in [-0.4, -0.2) is 27.6 Å². The molecule has 0 spiro atoms. The fourth-order valence-electron chi connectivity index (χ4n) is 2.60. The second-order valence-corrected chi connectivity index (χ2v) is 8.41. The van der Waals surface area contributed by atoms with E-state index in [1.807, 2.05) is 37.3 Å². The Morgan fingerprint density at radius 1 is 0.931 bits per heavy atom. The zero-order chi connectivity index (χ0) is 20.9. The smallest absolute Gasteiger partial charge is 0.269 e. The van der Waals surface area contributed by atoms with E-state index in [1.165, 1.54) is 11.4 Å². The first-order valence-electron chi connectivity index (χ1n) is 8.92. The molecule has 3 aromatic rings. The number of benzene rings is 3. The highest BCUT2D eigenvalue weighted by molar-refractivity contribution is 7.92. The normalized spacial score (nSPS) is 11.4. The van der Waals surface area contributed by atoms with E-state index < -0.39 is 10.0 Å². The molecule has 0 radical (unpaired) electrons. The summed E-state index contributed by atoms with van der Waals surface area (Å²) < 4.78 is 26.7. The summed E-state index contributed by atoms with van der Waals surface area (Å²) in [4.78, 5) is 12.4. The Morgan fingerprint density at radius 3 is 2.17 bits per heavy atom. The van der Waals surface area contributed by atoms with Crippen molar-refractivity contribution in [2.24, 2.45) is 5.10 Å². The summed E-state index contributed by atoms with van der Waals surface area (Å²) in [6.07, 6.45) is 1.55. The molecule has 0 aliphatic rings. The molecule has 148 valence electrons. The van der Waals surface area contributed by atoms with Gasteiger partial charge < -0.3 is 0 Å². The van der Waals surface area contributed by atoms with Gasteiger partial charge in [-0.1, -0.05) is 48.0 Å². The van der Waals surface area contributed by atoms with Crippen molar-refractivity contribution < 1.29 is 13.2 Å². The van der Waals surface area contributed by atoms with Crippen LogP contribution in [0.4, 0.5) is 5.69 Å². The van der Waals surface area contributed by atoms with Crippen LogP contribution in [0.2, 0.25) is 0 Å². The van der Waals surface area contributed by atoms with Crippen LogP contribution in [-0.2, 0) is 10.0 Å². The molecule has 6 nitrogen and oxygen atoms in total. The second kappa shape index (κ2) is 8.70. The number of hydrogen-bond acceptors (Lipinski definition) is 4. The lowest BCUT2D eigenvalue weighted by Crippen LogP contribution is -2.26. The zero-order valence-corrected chi connectivity index (χ0v) is 16.9. The third-order valence-electron chi connectivity index (χ3n) is 4.35. The highest BCUT2D eigenvalue weighted by Gasteiger charge is 2.21. The van der Waals surface area contributed by atoms with Crippen molar-refractivity contribution in [3.05, 3.63) is 95.6 Å². The predicted molar refractivity (Wildman–Crippen MR) is 115 cm³/mol. The van der Waals surface area contributed by atoms with E-state index in [-0.39, 0.29) is 10.8 Å². The highest BCUT2D eigenvalue weighted by Crippen LogP contribution is 2.22. The number of hydrogen-bond donors (Lipinski definition) is 1. The van der Waals surface area contributed by atoms with Crippen molar-refractivity contribution in [1.82, 2.24) is 5.43 Å². The molecule has 3 rings (SSSR count). The van der Waals surface area contributed by atoms with Crippen molar-refractivity contribution in [1.29, 1.82) is 0 Å². The average Bonchev–Trinajstić information content (AvgIpc) is 2.74. The van der Waals surface area contributed by atoms with Crippen LogP contribution in [0, 0.1) is 6.92 Å². The maximum atomic E-state index is 12.8. The molecule has 0 aromatic heterocycles. The molecule has 0 aliphatic carbocycles. The Labute approximate surface area is 170 Å². The Kier molecular flexibility index (Phi) is 6.09. The minimum absolute atomic E-state index is 0.211. The summed E-state index contributed by atoms with van der Waals surface area (Å²) >= 11 is 0. The number of hydrazone groups is 1. The summed E-state index contributed by atoms with van der Waals surface area (Å²) in [6, 6.07) is 22.3. The Morgan fingerprint density at radius 2 is 1.55 bits per heavy atom. The van der Waals surface area contributed by atoms with E-state index in [0.29, 0.717) is 11.3 Å². The minimum atomic E-state index is -3.68. The van der Waals surface area contributed by atoms with Gasteiger partial charge in [0.05, 0.1) is 16.8 Å². The highest BCUT2D eigenvalue weighted by atomic mass is 32.2. The molecule has 0 fully saturated rings. The van der Waals surface area contributed by atoms with Gasteiger partial charge in [0.15, 0.2) is 0 Å². The molecule has 29 heavy (non-hydrogen) atoms. The van der Waals surface area contributed by atoms with Gasteiger partial charge in [0.25, 0.3) is 15.9 Å². The molecule has 0 aliphatic heterocycles. The lowest BCUT2D eigenvalue weighted by Gasteiger charge is -2.19. The zero-order valence-electron chi connectivity index (χ0n) is 16.1. The maximum Gasteiger partial charge on any atom is 0.271 e. The third kappa shape index (κ3) is 4.89. The molecular weight excluding hydrogens is 386 g/mol. The standard InChI is InChI=1S/C22H21N3O3S/c1-17-8-14-21(15-9-17)29(27,28)25(2)20-12-10-19(11-13-20)22(26)24-23-16-18-6-4-3-5-7-18/h3-16H,1-2H3,(H,24,26)/b23-16-. The Hall–Kier alpha value is -3.45. The van der Waals surface area contributed by atoms with E-state index in [1.54, 1.807) is 54.7 Å². The number of carbonyl (C=O) groups is 1. The van der Waals surface area contributed by atoms with E-state index in [2.05, 4.69) is 10.5 Å². The van der Waals surface area contributed by atoms with Crippen LogP contribution in [0.1, 0.15) is 21.5 Å². The first kappa shape index (κ1) is 20.3. The van der Waals surface area contributed by atoms with E-state index in [9.17, 15) is 13.2 Å². The lowest BCUT2D eigenvalue weighted by atomic mass is 10.2. The predicted octanol–water partition coefficient (Wildman–Crippen LogP) is 3.58. The molecule has 7 heteroatoms. The summed E-state index contributed by atoms with van der Waals surface area (Å²) in [5.41, 5.74) is 5.13. The van der Waals surface area contributed by atoms with E-state index in [0.717, 1.165) is 11.1 Å². The second-order valence-electron chi connectivity index (χ2n) is 6.44. The SMILES string of the molecule is Cc1ccc(S(=O)(=O)N(C)c2ccc(C(=O)N/N=C\c3ccccc3)cc2)cc1. The number of carbonyl (C=O) groups excluding carboxylic acids is 1. The van der Waals surface area contributed by atoms with Gasteiger partial charge in [0, 0.05) is 12.6 Å². The maximum absolute atomic E-state index is 12.8. The summed E-state index contributed by atoms with van der Waals surface area (Å²) in [6.45, 7) is 1.90. The van der Waals surface area contributed by atoms with Crippen LogP contribution < -0.4 is 9.73 Å². The Balaban J connectivity index is 1.69.